The van der Waals surface area contributed by atoms with Gasteiger partial charge in [-0.1, -0.05) is 34.1 Å². The van der Waals surface area contributed by atoms with Crippen molar-refractivity contribution in [2.24, 2.45) is 0 Å². The first-order valence-corrected chi connectivity index (χ1v) is 6.93. The van der Waals surface area contributed by atoms with E-state index in [1.165, 1.54) is 14.2 Å². The molecule has 0 aliphatic carbocycles. The van der Waals surface area contributed by atoms with Gasteiger partial charge in [0.25, 0.3) is 0 Å². The highest BCUT2D eigenvalue weighted by atomic mass is 79.9. The summed E-state index contributed by atoms with van der Waals surface area (Å²) in [5.41, 5.74) is 0.900. The van der Waals surface area contributed by atoms with Crippen molar-refractivity contribution >= 4 is 27.7 Å². The lowest BCUT2D eigenvalue weighted by Crippen LogP contribution is -2.12. The van der Waals surface area contributed by atoms with Gasteiger partial charge in [-0.3, -0.25) is 4.79 Å². The Morgan fingerprint density at radius 2 is 1.62 bits per heavy atom. The summed E-state index contributed by atoms with van der Waals surface area (Å²) in [4.78, 5) is 24.4. The molecule has 0 bridgehead atoms. The van der Waals surface area contributed by atoms with Crippen LogP contribution >= 0.6 is 15.9 Å². The van der Waals surface area contributed by atoms with Crippen LogP contribution in [0.15, 0.2) is 46.9 Å². The van der Waals surface area contributed by atoms with Crippen molar-refractivity contribution in [3.63, 3.8) is 0 Å². The molecular formula is C16H13BrO4. The number of rotatable bonds is 4. The largest absolute Gasteiger partial charge is 0.496 e. The number of halogens is 1. The molecule has 0 saturated heterocycles. The molecule has 0 amide bonds. The Morgan fingerprint density at radius 3 is 2.24 bits per heavy atom. The molecule has 0 aromatic heterocycles. The lowest BCUT2D eigenvalue weighted by molar-refractivity contribution is 0.0597. The van der Waals surface area contributed by atoms with Crippen LogP contribution in [0.1, 0.15) is 26.3 Å². The van der Waals surface area contributed by atoms with E-state index in [2.05, 4.69) is 15.9 Å². The highest BCUT2D eigenvalue weighted by Crippen LogP contribution is 2.26. The molecule has 0 radical (unpaired) electrons. The maximum Gasteiger partial charge on any atom is 0.338 e. The second kappa shape index (κ2) is 6.54. The zero-order chi connectivity index (χ0) is 15.4. The maximum atomic E-state index is 12.7. The Kier molecular flexibility index (Phi) is 4.75. The summed E-state index contributed by atoms with van der Waals surface area (Å²) < 4.78 is 10.7. The number of methoxy groups -OCH3 is 2. The van der Waals surface area contributed by atoms with E-state index in [0.717, 1.165) is 4.47 Å². The summed E-state index contributed by atoms with van der Waals surface area (Å²) >= 11 is 3.33. The van der Waals surface area contributed by atoms with Crippen LogP contribution in [0, 0.1) is 0 Å². The number of ketones is 1. The van der Waals surface area contributed by atoms with E-state index < -0.39 is 5.97 Å². The van der Waals surface area contributed by atoms with Crippen molar-refractivity contribution in [2.45, 2.75) is 0 Å². The minimum atomic E-state index is -0.546. The SMILES string of the molecule is COC(=O)c1ccccc1C(=O)c1ccc(Br)cc1OC. The molecule has 0 atom stereocenters. The molecule has 4 nitrogen and oxygen atoms in total. The van der Waals surface area contributed by atoms with E-state index >= 15 is 0 Å². The van der Waals surface area contributed by atoms with Gasteiger partial charge in [-0.2, -0.15) is 0 Å². The third-order valence-corrected chi connectivity index (χ3v) is 3.48. The number of ether oxygens (including phenoxy) is 2. The normalized spacial score (nSPS) is 10.0. The monoisotopic (exact) mass is 348 g/mol. The molecule has 0 N–H and O–H groups in total. The molecule has 0 aliphatic rings. The first-order chi connectivity index (χ1) is 10.1. The van der Waals surface area contributed by atoms with Gasteiger partial charge in [-0.05, 0) is 24.3 Å². The minimum absolute atomic E-state index is 0.231. The van der Waals surface area contributed by atoms with E-state index in [9.17, 15) is 9.59 Å². The summed E-state index contributed by atoms with van der Waals surface area (Å²) in [7, 11) is 2.77. The molecule has 0 heterocycles. The molecule has 21 heavy (non-hydrogen) atoms. The number of hydrogen-bond donors (Lipinski definition) is 0. The Hall–Kier alpha value is -2.14. The van der Waals surface area contributed by atoms with Gasteiger partial charge in [-0.15, -0.1) is 0 Å². The molecule has 2 rings (SSSR count). The van der Waals surface area contributed by atoms with E-state index in [-0.39, 0.29) is 16.9 Å². The fourth-order valence-electron chi connectivity index (χ4n) is 1.97. The van der Waals surface area contributed by atoms with Gasteiger partial charge in [0.05, 0.1) is 25.3 Å². The summed E-state index contributed by atoms with van der Waals surface area (Å²) in [6.07, 6.45) is 0. The lowest BCUT2D eigenvalue weighted by atomic mass is 9.98. The van der Waals surface area contributed by atoms with Crippen molar-refractivity contribution in [3.8, 4) is 5.75 Å². The summed E-state index contributed by atoms with van der Waals surface area (Å²) in [5.74, 6) is -0.399. The van der Waals surface area contributed by atoms with Crippen molar-refractivity contribution in [2.75, 3.05) is 14.2 Å². The predicted molar refractivity (Wildman–Crippen MR) is 81.9 cm³/mol. The number of hydrogen-bond acceptors (Lipinski definition) is 4. The highest BCUT2D eigenvalue weighted by molar-refractivity contribution is 9.10. The van der Waals surface area contributed by atoms with Crippen molar-refractivity contribution in [3.05, 3.63) is 63.6 Å². The van der Waals surface area contributed by atoms with Crippen LogP contribution in [0.2, 0.25) is 0 Å². The number of esters is 1. The molecule has 0 spiro atoms. The summed E-state index contributed by atoms with van der Waals surface area (Å²) in [6.45, 7) is 0. The fourth-order valence-corrected chi connectivity index (χ4v) is 2.31. The predicted octanol–water partition coefficient (Wildman–Crippen LogP) is 3.48. The average molecular weight is 349 g/mol. The number of benzene rings is 2. The zero-order valence-corrected chi connectivity index (χ0v) is 13.1. The van der Waals surface area contributed by atoms with Crippen LogP contribution in [0.3, 0.4) is 0 Å². The topological polar surface area (TPSA) is 52.6 Å². The van der Waals surface area contributed by atoms with Crippen molar-refractivity contribution in [1.29, 1.82) is 0 Å². The Morgan fingerprint density at radius 1 is 0.952 bits per heavy atom. The highest BCUT2D eigenvalue weighted by Gasteiger charge is 2.21. The number of carbonyl (C=O) groups excluding carboxylic acids is 2. The Balaban J connectivity index is 2.53. The minimum Gasteiger partial charge on any atom is -0.496 e. The first kappa shape index (κ1) is 15.3. The molecule has 0 unspecified atom stereocenters. The molecule has 5 heteroatoms. The van der Waals surface area contributed by atoms with E-state index in [1.54, 1.807) is 42.5 Å². The van der Waals surface area contributed by atoms with Gasteiger partial charge < -0.3 is 9.47 Å². The first-order valence-electron chi connectivity index (χ1n) is 6.14. The molecule has 0 saturated carbocycles. The van der Waals surface area contributed by atoms with Gasteiger partial charge in [0.2, 0.25) is 0 Å². The standard InChI is InChI=1S/C16H13BrO4/c1-20-14-9-10(17)7-8-13(14)15(18)11-5-3-4-6-12(11)16(19)21-2/h3-9H,1-2H3. The van der Waals surface area contributed by atoms with Gasteiger partial charge >= 0.3 is 5.97 Å². The van der Waals surface area contributed by atoms with E-state index in [0.29, 0.717) is 11.3 Å². The Labute approximate surface area is 130 Å². The average Bonchev–Trinajstić information content (AvgIpc) is 2.53. The van der Waals surface area contributed by atoms with Gasteiger partial charge in [-0.25, -0.2) is 4.79 Å². The van der Waals surface area contributed by atoms with Crippen LogP contribution in [-0.4, -0.2) is 26.0 Å². The lowest BCUT2D eigenvalue weighted by Gasteiger charge is -2.10. The second-order valence-electron chi connectivity index (χ2n) is 4.21. The molecular weight excluding hydrogens is 336 g/mol. The maximum absolute atomic E-state index is 12.7. The van der Waals surface area contributed by atoms with Gasteiger partial charge in [0.15, 0.2) is 5.78 Å². The van der Waals surface area contributed by atoms with Crippen LogP contribution in [0.4, 0.5) is 0 Å². The van der Waals surface area contributed by atoms with Crippen molar-refractivity contribution < 1.29 is 19.1 Å². The fraction of sp³-hybridized carbons (Fsp3) is 0.125. The van der Waals surface area contributed by atoms with Crippen LogP contribution in [0.25, 0.3) is 0 Å². The Bertz CT molecular complexity index is 694. The molecule has 0 fully saturated rings. The van der Waals surface area contributed by atoms with Crippen LogP contribution in [-0.2, 0) is 4.74 Å². The van der Waals surface area contributed by atoms with Gasteiger partial charge in [0.1, 0.15) is 5.75 Å². The molecule has 2 aromatic rings. The smallest absolute Gasteiger partial charge is 0.338 e. The van der Waals surface area contributed by atoms with E-state index in [4.69, 9.17) is 9.47 Å². The summed E-state index contributed by atoms with van der Waals surface area (Å²) in [6, 6.07) is 11.6. The molecule has 0 aliphatic heterocycles. The quantitative estimate of drug-likeness (QED) is 0.627. The van der Waals surface area contributed by atoms with Crippen molar-refractivity contribution in [1.82, 2.24) is 0 Å². The van der Waals surface area contributed by atoms with E-state index in [1.807, 2.05) is 0 Å². The molecule has 108 valence electrons. The summed E-state index contributed by atoms with van der Waals surface area (Å²) in [5, 5.41) is 0. The second-order valence-corrected chi connectivity index (χ2v) is 5.13. The third-order valence-electron chi connectivity index (χ3n) is 2.99. The van der Waals surface area contributed by atoms with Gasteiger partial charge in [0, 0.05) is 10.0 Å². The van der Waals surface area contributed by atoms with Crippen LogP contribution < -0.4 is 4.74 Å². The third kappa shape index (κ3) is 3.13. The zero-order valence-electron chi connectivity index (χ0n) is 11.6. The number of carbonyl (C=O) groups is 2. The molecule has 2 aromatic carbocycles. The van der Waals surface area contributed by atoms with Crippen LogP contribution in [0.5, 0.6) is 5.75 Å².